The molecule has 0 aromatic heterocycles. The van der Waals surface area contributed by atoms with Crippen LogP contribution in [0.1, 0.15) is 182 Å². The number of rotatable bonds is 30. The first-order chi connectivity index (χ1) is 18.8. The van der Waals surface area contributed by atoms with E-state index < -0.39 is 7.37 Å². The van der Waals surface area contributed by atoms with Crippen molar-refractivity contribution in [2.24, 2.45) is 0 Å². The molecule has 238 valence electrons. The maximum atomic E-state index is 13.6. The van der Waals surface area contributed by atoms with E-state index in [0.29, 0.717) is 6.61 Å². The van der Waals surface area contributed by atoms with Crippen molar-refractivity contribution in [1.29, 1.82) is 0 Å². The predicted molar refractivity (Wildman–Crippen MR) is 180 cm³/mol. The second-order valence-corrected chi connectivity index (χ2v) is 15.7. The Bertz CT molecular complexity index is 471. The average molecular weight is 575 g/mol. The van der Waals surface area contributed by atoms with Crippen LogP contribution in [0.5, 0.6) is 0 Å². The van der Waals surface area contributed by atoms with Gasteiger partial charge in [-0.05, 0) is 12.8 Å². The topological polar surface area (TPSA) is 26.3 Å². The quantitative estimate of drug-likeness (QED) is 0.0484. The van der Waals surface area contributed by atoms with E-state index in [4.69, 9.17) is 4.52 Å². The average Bonchev–Trinajstić information content (AvgIpc) is 2.90. The zero-order valence-electron chi connectivity index (χ0n) is 28.5. The summed E-state index contributed by atoms with van der Waals surface area (Å²) in [7, 11) is 4.08. The highest BCUT2D eigenvalue weighted by atomic mass is 31.2. The summed E-state index contributed by atoms with van der Waals surface area (Å²) in [5.74, 6) is 0. The fourth-order valence-electron chi connectivity index (χ4n) is 5.11. The molecular weight excluding hydrogens is 497 g/mol. The van der Waals surface area contributed by atoms with Crippen LogP contribution in [0.25, 0.3) is 0 Å². The monoisotopic (exact) mass is 575 g/mol. The Morgan fingerprint density at radius 2 is 0.718 bits per heavy atom. The highest BCUT2D eigenvalue weighted by molar-refractivity contribution is 7.58. The molecule has 3 nitrogen and oxygen atoms in total. The summed E-state index contributed by atoms with van der Waals surface area (Å²) in [6.45, 7) is 10.1. The van der Waals surface area contributed by atoms with Crippen molar-refractivity contribution >= 4 is 7.37 Å². The first kappa shape index (κ1) is 41.3. The van der Waals surface area contributed by atoms with Crippen LogP contribution in [0, 0.1) is 0 Å². The Kier molecular flexibility index (Phi) is 32.9. The first-order valence-electron chi connectivity index (χ1n) is 17.9. The fourth-order valence-corrected chi connectivity index (χ4v) is 7.42. The smallest absolute Gasteiger partial charge is 0.203 e. The lowest BCUT2D eigenvalue weighted by molar-refractivity contribution is -0.870. The number of unbranched alkanes of at least 4 members (excludes halogenated alkanes) is 22. The highest BCUT2D eigenvalue weighted by Crippen LogP contribution is 2.48. The van der Waals surface area contributed by atoms with Gasteiger partial charge in [0.2, 0.25) is 7.37 Å². The SMILES string of the molecule is CC.CCCCCCCCCCCCCCP(=O)(CCCCCCCCCCCCCC)OCC[N+](C)(C)C. The molecule has 0 heterocycles. The lowest BCUT2D eigenvalue weighted by atomic mass is 10.1. The Balaban J connectivity index is 0. The van der Waals surface area contributed by atoms with Gasteiger partial charge in [0.25, 0.3) is 0 Å². The number of nitrogens with zero attached hydrogens (tertiary/aromatic N) is 1. The zero-order valence-corrected chi connectivity index (χ0v) is 29.4. The van der Waals surface area contributed by atoms with E-state index in [1.807, 2.05) is 13.8 Å². The molecule has 0 saturated carbocycles. The highest BCUT2D eigenvalue weighted by Gasteiger charge is 2.23. The van der Waals surface area contributed by atoms with Crippen LogP contribution in [-0.4, -0.2) is 51.1 Å². The molecule has 39 heavy (non-hydrogen) atoms. The van der Waals surface area contributed by atoms with Gasteiger partial charge in [0.15, 0.2) is 0 Å². The molecule has 0 bridgehead atoms. The van der Waals surface area contributed by atoms with Gasteiger partial charge < -0.3 is 9.01 Å². The molecule has 0 aliphatic rings. The summed E-state index contributed by atoms with van der Waals surface area (Å²) in [5.41, 5.74) is 0. The van der Waals surface area contributed by atoms with Crippen LogP contribution >= 0.6 is 7.37 Å². The molecule has 0 spiro atoms. The Morgan fingerprint density at radius 3 is 0.974 bits per heavy atom. The first-order valence-corrected chi connectivity index (χ1v) is 19.9. The summed E-state index contributed by atoms with van der Waals surface area (Å²) in [5, 5.41) is 0. The minimum Gasteiger partial charge on any atom is -0.329 e. The van der Waals surface area contributed by atoms with Gasteiger partial charge >= 0.3 is 0 Å². The molecule has 0 aliphatic heterocycles. The molecule has 0 aromatic rings. The predicted octanol–water partition coefficient (Wildman–Crippen LogP) is 12.4. The largest absolute Gasteiger partial charge is 0.329 e. The van der Waals surface area contributed by atoms with Crippen molar-refractivity contribution < 1.29 is 13.6 Å². The van der Waals surface area contributed by atoms with Crippen molar-refractivity contribution in [2.75, 3.05) is 46.6 Å². The van der Waals surface area contributed by atoms with Crippen molar-refractivity contribution in [1.82, 2.24) is 0 Å². The minimum absolute atomic E-state index is 0.636. The molecule has 0 saturated heterocycles. The van der Waals surface area contributed by atoms with E-state index in [1.165, 1.54) is 141 Å². The van der Waals surface area contributed by atoms with Gasteiger partial charge in [-0.1, -0.05) is 169 Å². The van der Waals surface area contributed by atoms with Crippen LogP contribution < -0.4 is 0 Å². The van der Waals surface area contributed by atoms with Crippen LogP contribution in [0.4, 0.5) is 0 Å². The Labute approximate surface area is 249 Å². The molecule has 0 aliphatic carbocycles. The van der Waals surface area contributed by atoms with Crippen LogP contribution in [0.3, 0.4) is 0 Å². The van der Waals surface area contributed by atoms with Crippen molar-refractivity contribution in [3.05, 3.63) is 0 Å². The van der Waals surface area contributed by atoms with Crippen LogP contribution in [0.2, 0.25) is 0 Å². The van der Waals surface area contributed by atoms with E-state index >= 15 is 0 Å². The molecule has 0 amide bonds. The molecule has 0 radical (unpaired) electrons. The van der Waals surface area contributed by atoms with Crippen molar-refractivity contribution in [2.45, 2.75) is 182 Å². The second-order valence-electron chi connectivity index (χ2n) is 12.9. The molecule has 0 aromatic carbocycles. The summed E-state index contributed by atoms with van der Waals surface area (Å²) in [4.78, 5) is 0. The molecule has 0 rings (SSSR count). The van der Waals surface area contributed by atoms with Gasteiger partial charge in [-0.15, -0.1) is 0 Å². The van der Waals surface area contributed by atoms with Crippen LogP contribution in [0.15, 0.2) is 0 Å². The molecule has 4 heteroatoms. The third-order valence-corrected chi connectivity index (χ3v) is 10.4. The number of hydrogen-bond donors (Lipinski definition) is 0. The van der Waals surface area contributed by atoms with E-state index in [-0.39, 0.29) is 0 Å². The molecule has 0 fully saturated rings. The Morgan fingerprint density at radius 1 is 0.462 bits per heavy atom. The van der Waals surface area contributed by atoms with Gasteiger partial charge in [-0.25, -0.2) is 0 Å². The summed E-state index contributed by atoms with van der Waals surface area (Å²) < 4.78 is 20.7. The number of hydrogen-bond acceptors (Lipinski definition) is 2. The zero-order chi connectivity index (χ0) is 29.5. The molecule has 0 atom stereocenters. The summed E-state index contributed by atoms with van der Waals surface area (Å²) in [6, 6.07) is 0. The molecule has 0 N–H and O–H groups in total. The van der Waals surface area contributed by atoms with E-state index in [0.717, 1.165) is 36.2 Å². The lowest BCUT2D eigenvalue weighted by Crippen LogP contribution is -2.37. The summed E-state index contributed by atoms with van der Waals surface area (Å²) >= 11 is 0. The van der Waals surface area contributed by atoms with E-state index in [1.54, 1.807) is 0 Å². The van der Waals surface area contributed by atoms with Gasteiger partial charge in [0.05, 0.1) is 21.1 Å². The van der Waals surface area contributed by atoms with Crippen molar-refractivity contribution in [3.63, 3.8) is 0 Å². The molecular formula is C35H77NO2P+. The van der Waals surface area contributed by atoms with Gasteiger partial charge in [-0.3, -0.25) is 4.57 Å². The summed E-state index contributed by atoms with van der Waals surface area (Å²) in [6.07, 6.45) is 33.9. The fraction of sp³-hybridized carbons (Fsp3) is 1.00. The van der Waals surface area contributed by atoms with Crippen molar-refractivity contribution in [3.8, 4) is 0 Å². The number of quaternary nitrogens is 1. The third kappa shape index (κ3) is 34.3. The normalized spacial score (nSPS) is 12.0. The van der Waals surface area contributed by atoms with Gasteiger partial charge in [0.1, 0.15) is 13.2 Å². The lowest BCUT2D eigenvalue weighted by Gasteiger charge is -2.25. The maximum absolute atomic E-state index is 13.6. The van der Waals surface area contributed by atoms with E-state index in [9.17, 15) is 4.57 Å². The maximum Gasteiger partial charge on any atom is 0.203 e. The van der Waals surface area contributed by atoms with Gasteiger partial charge in [0, 0.05) is 12.3 Å². The van der Waals surface area contributed by atoms with E-state index in [2.05, 4.69) is 35.0 Å². The van der Waals surface area contributed by atoms with Crippen LogP contribution in [-0.2, 0) is 9.09 Å². The van der Waals surface area contributed by atoms with Gasteiger partial charge in [-0.2, -0.15) is 0 Å². The third-order valence-electron chi connectivity index (χ3n) is 7.79. The Hall–Kier alpha value is 0.150. The second kappa shape index (κ2) is 31.1. The standard InChI is InChI=1S/C33H71NO2P.C2H6/c1-6-8-10-12-14-16-18-20-22-24-26-28-32-37(35,36-31-30-34(3,4)5)33-29-27-25-23-21-19-17-15-13-11-9-7-2;1-2/h6-33H2,1-5H3;1-2H3/q+1;. The molecule has 0 unspecified atom stereocenters. The minimum atomic E-state index is -2.48. The number of likely N-dealkylation sites (N-methyl/N-ethyl adjacent to an activating group) is 1.